The number of anilines is 1. The van der Waals surface area contributed by atoms with E-state index < -0.39 is 9.84 Å². The van der Waals surface area contributed by atoms with E-state index in [1.165, 1.54) is 15.7 Å². The molecule has 0 saturated carbocycles. The molecule has 2 aromatic heterocycles. The van der Waals surface area contributed by atoms with Crippen LogP contribution in [-0.4, -0.2) is 65.7 Å². The lowest BCUT2D eigenvalue weighted by Crippen LogP contribution is -2.37. The maximum atomic E-state index is 12.5. The summed E-state index contributed by atoms with van der Waals surface area (Å²) in [5.74, 6) is 1.35. The van der Waals surface area contributed by atoms with Crippen molar-refractivity contribution in [1.82, 2.24) is 24.7 Å². The molecule has 3 aromatic rings. The third-order valence-corrected chi connectivity index (χ3v) is 6.55. The highest BCUT2D eigenvalue weighted by Gasteiger charge is 2.25. The third kappa shape index (κ3) is 4.24. The Morgan fingerprint density at radius 1 is 1.00 bits per heavy atom. The zero-order chi connectivity index (χ0) is 23.0. The number of hydrogen-bond acceptors (Lipinski definition) is 8. The van der Waals surface area contributed by atoms with Crippen molar-refractivity contribution in [2.45, 2.75) is 38.8 Å². The first-order valence-corrected chi connectivity index (χ1v) is 12.5. The summed E-state index contributed by atoms with van der Waals surface area (Å²) in [6.07, 6.45) is 4.36. The number of hydrogen-bond donors (Lipinski definition) is 0. The summed E-state index contributed by atoms with van der Waals surface area (Å²) in [5.41, 5.74) is 4.69. The second-order valence-electron chi connectivity index (χ2n) is 8.43. The molecule has 1 saturated heterocycles. The van der Waals surface area contributed by atoms with Gasteiger partial charge in [-0.05, 0) is 42.5 Å². The minimum absolute atomic E-state index is 0.138. The van der Waals surface area contributed by atoms with Crippen molar-refractivity contribution in [1.29, 1.82) is 0 Å². The zero-order valence-electron chi connectivity index (χ0n) is 19.0. The van der Waals surface area contributed by atoms with E-state index in [-0.39, 0.29) is 5.16 Å². The number of rotatable bonds is 5. The molecule has 0 N–H and O–H groups in total. The molecule has 0 amide bonds. The number of sulfone groups is 1. The van der Waals surface area contributed by atoms with Crippen LogP contribution in [0.5, 0.6) is 0 Å². The summed E-state index contributed by atoms with van der Waals surface area (Å²) >= 11 is 0. The lowest BCUT2D eigenvalue weighted by molar-refractivity contribution is 0.122. The molecule has 0 radical (unpaired) electrons. The number of benzene rings is 1. The van der Waals surface area contributed by atoms with Gasteiger partial charge in [-0.25, -0.2) is 18.4 Å². The summed E-state index contributed by atoms with van der Waals surface area (Å²) in [7, 11) is -3.64. The Morgan fingerprint density at radius 3 is 2.25 bits per heavy atom. The van der Waals surface area contributed by atoms with E-state index in [0.29, 0.717) is 49.7 Å². The van der Waals surface area contributed by atoms with Crippen molar-refractivity contribution in [2.24, 2.45) is 0 Å². The number of morpholine rings is 1. The predicted octanol–water partition coefficient (Wildman–Crippen LogP) is 2.70. The van der Waals surface area contributed by atoms with Crippen molar-refractivity contribution >= 4 is 15.8 Å². The van der Waals surface area contributed by atoms with Crippen LogP contribution in [0.3, 0.4) is 0 Å². The summed E-state index contributed by atoms with van der Waals surface area (Å²) in [6, 6.07) is 4.17. The Bertz CT molecular complexity index is 1230. The maximum absolute atomic E-state index is 12.5. The van der Waals surface area contributed by atoms with E-state index in [4.69, 9.17) is 4.74 Å². The molecule has 10 heteroatoms. The molecule has 1 fully saturated rings. The minimum Gasteiger partial charge on any atom is -0.378 e. The predicted molar refractivity (Wildman–Crippen MR) is 122 cm³/mol. The SMILES string of the molecule is Cc1cc(C)c(C(C)C)cc1-c1nnc(S(C)(=O)=O)n1-c1cnc(N2CCOCC2)nc1. The zero-order valence-corrected chi connectivity index (χ0v) is 19.8. The van der Waals surface area contributed by atoms with Gasteiger partial charge in [-0.1, -0.05) is 19.9 Å². The highest BCUT2D eigenvalue weighted by molar-refractivity contribution is 7.90. The lowest BCUT2D eigenvalue weighted by atomic mass is 9.93. The van der Waals surface area contributed by atoms with E-state index in [0.717, 1.165) is 17.4 Å². The minimum atomic E-state index is -3.64. The summed E-state index contributed by atoms with van der Waals surface area (Å²) in [5, 5.41) is 8.18. The molecule has 0 bridgehead atoms. The van der Waals surface area contributed by atoms with Gasteiger partial charge in [-0.2, -0.15) is 0 Å². The molecule has 170 valence electrons. The number of ether oxygens (including phenoxy) is 1. The van der Waals surface area contributed by atoms with Gasteiger partial charge >= 0.3 is 0 Å². The maximum Gasteiger partial charge on any atom is 0.254 e. The van der Waals surface area contributed by atoms with Crippen LogP contribution < -0.4 is 4.90 Å². The van der Waals surface area contributed by atoms with E-state index >= 15 is 0 Å². The normalized spacial score (nSPS) is 14.9. The molecule has 1 aromatic carbocycles. The van der Waals surface area contributed by atoms with Gasteiger partial charge in [0.05, 0.1) is 31.3 Å². The molecule has 32 heavy (non-hydrogen) atoms. The van der Waals surface area contributed by atoms with Crippen LogP contribution in [0.15, 0.2) is 29.7 Å². The van der Waals surface area contributed by atoms with Crippen LogP contribution in [0.4, 0.5) is 5.95 Å². The summed E-state index contributed by atoms with van der Waals surface area (Å²) in [6.45, 7) is 11.0. The van der Waals surface area contributed by atoms with Crippen molar-refractivity contribution in [3.05, 3.63) is 41.2 Å². The van der Waals surface area contributed by atoms with Crippen LogP contribution in [0.25, 0.3) is 17.1 Å². The molecule has 1 aliphatic heterocycles. The van der Waals surface area contributed by atoms with Crippen LogP contribution >= 0.6 is 0 Å². The largest absolute Gasteiger partial charge is 0.378 e. The Labute approximate surface area is 188 Å². The first-order valence-electron chi connectivity index (χ1n) is 10.6. The fraction of sp³-hybridized carbons (Fsp3) is 0.455. The van der Waals surface area contributed by atoms with Crippen molar-refractivity contribution in [3.63, 3.8) is 0 Å². The van der Waals surface area contributed by atoms with E-state index in [2.05, 4.69) is 53.1 Å². The van der Waals surface area contributed by atoms with Gasteiger partial charge in [-0.15, -0.1) is 10.2 Å². The van der Waals surface area contributed by atoms with Gasteiger partial charge in [-0.3, -0.25) is 4.57 Å². The Morgan fingerprint density at radius 2 is 1.66 bits per heavy atom. The van der Waals surface area contributed by atoms with Crippen LogP contribution in [0.2, 0.25) is 0 Å². The molecule has 3 heterocycles. The van der Waals surface area contributed by atoms with Gasteiger partial charge < -0.3 is 9.64 Å². The standard InChI is InChI=1S/C22H28N6O3S/c1-14(2)18-11-19(16(4)10-15(18)3)20-25-26-22(32(5,29)30)28(20)17-12-23-21(24-13-17)27-6-8-31-9-7-27/h10-14H,6-9H2,1-5H3. The highest BCUT2D eigenvalue weighted by atomic mass is 32.2. The first-order chi connectivity index (χ1) is 15.2. The number of nitrogens with zero attached hydrogens (tertiary/aromatic N) is 6. The lowest BCUT2D eigenvalue weighted by Gasteiger charge is -2.26. The molecule has 1 aliphatic rings. The molecule has 9 nitrogen and oxygen atoms in total. The van der Waals surface area contributed by atoms with Gasteiger partial charge in [0.15, 0.2) is 5.82 Å². The summed E-state index contributed by atoms with van der Waals surface area (Å²) < 4.78 is 31.9. The Kier molecular flexibility index (Phi) is 6.00. The van der Waals surface area contributed by atoms with Crippen LogP contribution in [0.1, 0.15) is 36.5 Å². The Balaban J connectivity index is 1.86. The smallest absolute Gasteiger partial charge is 0.254 e. The molecule has 0 aliphatic carbocycles. The van der Waals surface area contributed by atoms with Crippen LogP contribution in [-0.2, 0) is 14.6 Å². The topological polar surface area (TPSA) is 103 Å². The van der Waals surface area contributed by atoms with Gasteiger partial charge in [0, 0.05) is 24.9 Å². The van der Waals surface area contributed by atoms with Crippen molar-refractivity contribution < 1.29 is 13.2 Å². The third-order valence-electron chi connectivity index (χ3n) is 5.62. The molecular formula is C22H28N6O3S. The average Bonchev–Trinajstić information content (AvgIpc) is 3.20. The summed E-state index contributed by atoms with van der Waals surface area (Å²) in [4.78, 5) is 11.0. The van der Waals surface area contributed by atoms with Crippen molar-refractivity contribution in [2.75, 3.05) is 37.5 Å². The van der Waals surface area contributed by atoms with E-state index in [1.807, 2.05) is 11.8 Å². The fourth-order valence-corrected chi connectivity index (χ4v) is 4.72. The quantitative estimate of drug-likeness (QED) is 0.577. The second kappa shape index (κ2) is 8.59. The molecule has 0 unspecified atom stereocenters. The first kappa shape index (κ1) is 22.3. The second-order valence-corrected chi connectivity index (χ2v) is 10.3. The highest BCUT2D eigenvalue weighted by Crippen LogP contribution is 2.32. The molecule has 4 rings (SSSR count). The Hall–Kier alpha value is -2.85. The molecule has 0 spiro atoms. The van der Waals surface area contributed by atoms with Crippen molar-refractivity contribution in [3.8, 4) is 17.1 Å². The van der Waals surface area contributed by atoms with Crippen LogP contribution in [0, 0.1) is 13.8 Å². The van der Waals surface area contributed by atoms with Gasteiger partial charge in [0.2, 0.25) is 15.8 Å². The van der Waals surface area contributed by atoms with Gasteiger partial charge in [0.25, 0.3) is 5.16 Å². The number of aromatic nitrogens is 5. The van der Waals surface area contributed by atoms with E-state index in [9.17, 15) is 8.42 Å². The van der Waals surface area contributed by atoms with E-state index in [1.54, 1.807) is 12.4 Å². The average molecular weight is 457 g/mol. The molecular weight excluding hydrogens is 428 g/mol. The monoisotopic (exact) mass is 456 g/mol. The fourth-order valence-electron chi connectivity index (χ4n) is 4.01. The van der Waals surface area contributed by atoms with Gasteiger partial charge in [0.1, 0.15) is 0 Å². The number of aryl methyl sites for hydroxylation is 2. The molecule has 0 atom stereocenters.